The van der Waals surface area contributed by atoms with Gasteiger partial charge in [0, 0.05) is 41.5 Å². The number of terminal acetylenes is 1. The minimum atomic E-state index is -1.26. The van der Waals surface area contributed by atoms with Crippen LogP contribution in [-0.2, 0) is 10.2 Å². The molecule has 2 atom stereocenters. The number of benzene rings is 3. The van der Waals surface area contributed by atoms with Gasteiger partial charge in [0.1, 0.15) is 29.5 Å². The van der Waals surface area contributed by atoms with E-state index in [1.54, 1.807) is 19.9 Å². The Balaban J connectivity index is 1.37. The van der Waals surface area contributed by atoms with Gasteiger partial charge in [0.05, 0.1) is 22.6 Å². The van der Waals surface area contributed by atoms with Crippen molar-refractivity contribution in [2.24, 2.45) is 0 Å². The summed E-state index contributed by atoms with van der Waals surface area (Å²) < 4.78 is 39.4. The van der Waals surface area contributed by atoms with Crippen LogP contribution in [0, 0.1) is 35.3 Å². The van der Waals surface area contributed by atoms with Gasteiger partial charge in [-0.25, -0.2) is 8.78 Å². The Morgan fingerprint density at radius 1 is 1.15 bits per heavy atom. The lowest BCUT2D eigenvalue weighted by Crippen LogP contribution is -2.55. The number of piperazine rings is 1. The Morgan fingerprint density at radius 3 is 2.52 bits per heavy atom. The van der Waals surface area contributed by atoms with Gasteiger partial charge in [-0.15, -0.1) is 6.42 Å². The lowest BCUT2D eigenvalue weighted by atomic mass is 9.79. The Bertz CT molecular complexity index is 2230. The maximum absolute atomic E-state index is 17.8. The van der Waals surface area contributed by atoms with Crippen molar-refractivity contribution in [3.8, 4) is 41.3 Å². The summed E-state index contributed by atoms with van der Waals surface area (Å²) in [7, 11) is 0. The predicted molar refractivity (Wildman–Crippen MR) is 195 cm³/mol. The van der Waals surface area contributed by atoms with Crippen LogP contribution in [-0.4, -0.2) is 81.2 Å². The molecule has 9 nitrogen and oxygen atoms in total. The van der Waals surface area contributed by atoms with E-state index in [-0.39, 0.29) is 62.9 Å². The zero-order valence-electron chi connectivity index (χ0n) is 29.4. The molecule has 0 unspecified atom stereocenters. The highest BCUT2D eigenvalue weighted by atomic mass is 19.1. The number of phenolic OH excluding ortho intramolecular Hbond substituents is 1. The van der Waals surface area contributed by atoms with Crippen LogP contribution in [0.2, 0.25) is 0 Å². The van der Waals surface area contributed by atoms with E-state index in [1.165, 1.54) is 30.3 Å². The number of nitriles is 1. The fourth-order valence-corrected chi connectivity index (χ4v) is 9.28. The van der Waals surface area contributed by atoms with Crippen molar-refractivity contribution in [3.05, 3.63) is 65.7 Å². The lowest BCUT2D eigenvalue weighted by Gasteiger charge is -2.41. The number of hydrogen-bond acceptors (Lipinski definition) is 8. The van der Waals surface area contributed by atoms with E-state index in [9.17, 15) is 15.2 Å². The number of amides is 1. The highest BCUT2D eigenvalue weighted by Crippen LogP contribution is 2.46. The molecule has 0 radical (unpaired) electrons. The molecule has 1 amide bonds. The van der Waals surface area contributed by atoms with Gasteiger partial charge in [0.15, 0.2) is 5.82 Å². The van der Waals surface area contributed by atoms with Gasteiger partial charge in [0.2, 0.25) is 5.91 Å². The van der Waals surface area contributed by atoms with Gasteiger partial charge >= 0.3 is 6.01 Å². The molecular weight excluding hydrogens is 662 g/mol. The molecule has 1 aromatic heterocycles. The maximum Gasteiger partial charge on any atom is 0.319 e. The van der Waals surface area contributed by atoms with Crippen molar-refractivity contribution < 1.29 is 23.4 Å². The van der Waals surface area contributed by atoms with Crippen LogP contribution in [0.3, 0.4) is 0 Å². The maximum atomic E-state index is 17.8. The first kappa shape index (κ1) is 33.9. The molecule has 0 spiro atoms. The number of carbonyl (C=O) groups is 1. The average Bonchev–Trinajstić information content (AvgIpc) is 3.80. The Morgan fingerprint density at radius 2 is 1.87 bits per heavy atom. The number of carbonyl (C=O) groups excluding carboxylic acids is 1. The number of nitrogens with zero attached hydrogens (tertiary/aromatic N) is 6. The van der Waals surface area contributed by atoms with Crippen LogP contribution in [0.4, 0.5) is 14.6 Å². The topological polar surface area (TPSA) is 106 Å². The molecule has 4 fully saturated rings. The summed E-state index contributed by atoms with van der Waals surface area (Å²) in [6, 6.07) is 9.40. The first-order chi connectivity index (χ1) is 25.0. The third-order valence-corrected chi connectivity index (χ3v) is 11.8. The van der Waals surface area contributed by atoms with E-state index in [1.807, 2.05) is 4.90 Å². The van der Waals surface area contributed by atoms with Crippen LogP contribution in [0.25, 0.3) is 32.8 Å². The highest BCUT2D eigenvalue weighted by Gasteiger charge is 2.46. The van der Waals surface area contributed by atoms with E-state index in [0.29, 0.717) is 41.9 Å². The molecule has 52 heavy (non-hydrogen) atoms. The van der Waals surface area contributed by atoms with Gasteiger partial charge in [-0.3, -0.25) is 9.69 Å². The van der Waals surface area contributed by atoms with Gasteiger partial charge in [0.25, 0.3) is 0 Å². The van der Waals surface area contributed by atoms with Crippen molar-refractivity contribution in [2.75, 3.05) is 37.7 Å². The summed E-state index contributed by atoms with van der Waals surface area (Å²) in [6.07, 6.45) is 12.9. The normalized spacial score (nSPS) is 21.0. The van der Waals surface area contributed by atoms with E-state index >= 15 is 8.78 Å². The van der Waals surface area contributed by atoms with Crippen molar-refractivity contribution in [3.63, 3.8) is 0 Å². The molecule has 4 aliphatic heterocycles. The van der Waals surface area contributed by atoms with Crippen molar-refractivity contribution >= 4 is 33.4 Å². The molecule has 5 heterocycles. The minimum absolute atomic E-state index is 0.0181. The zero-order chi connectivity index (χ0) is 36.5. The second-order valence-corrected chi connectivity index (χ2v) is 15.2. The number of aromatic hydroxyl groups is 1. The smallest absolute Gasteiger partial charge is 0.319 e. The molecule has 266 valence electrons. The number of fused-ring (bicyclic) bond motifs is 5. The molecule has 2 bridgehead atoms. The van der Waals surface area contributed by atoms with Gasteiger partial charge in [-0.05, 0) is 112 Å². The number of rotatable bonds is 7. The summed E-state index contributed by atoms with van der Waals surface area (Å²) in [4.78, 5) is 28.9. The van der Waals surface area contributed by atoms with Crippen molar-refractivity contribution in [1.29, 1.82) is 5.26 Å². The first-order valence-electron chi connectivity index (χ1n) is 17.9. The summed E-state index contributed by atoms with van der Waals surface area (Å²) >= 11 is 0. The highest BCUT2D eigenvalue weighted by molar-refractivity contribution is 6.05. The van der Waals surface area contributed by atoms with E-state index in [2.05, 4.69) is 28.4 Å². The zero-order valence-corrected chi connectivity index (χ0v) is 29.4. The standard InChI is InChI=1S/C41H40F2N6O3/c1-5-28-32(42)12-9-24-17-27(50)18-29(34(24)28)35-31(40(3,4)22-44)19-30-37(36(35)43)45-39(52-23-41-13-7-15-48(41)16-8-14-41)46-38(30)47-20-25-10-11-26(21-47)49(25)33(51)6-2/h1,6,9,12,17-19,25-26,50H,2,7-8,10-11,13-16,20-21,23H2,3-4H3/t25-,26+. The van der Waals surface area contributed by atoms with Crippen LogP contribution in [0.5, 0.6) is 11.8 Å². The lowest BCUT2D eigenvalue weighted by molar-refractivity contribution is -0.129. The van der Waals surface area contributed by atoms with Crippen LogP contribution < -0.4 is 9.64 Å². The summed E-state index contributed by atoms with van der Waals surface area (Å²) in [5, 5.41) is 22.4. The van der Waals surface area contributed by atoms with E-state index in [0.717, 1.165) is 51.6 Å². The van der Waals surface area contributed by atoms with Gasteiger partial charge in [-0.2, -0.15) is 15.2 Å². The molecule has 0 aliphatic carbocycles. The molecule has 0 saturated carbocycles. The first-order valence-corrected chi connectivity index (χ1v) is 17.9. The second-order valence-electron chi connectivity index (χ2n) is 15.2. The molecule has 11 heteroatoms. The third-order valence-electron chi connectivity index (χ3n) is 11.8. The number of aromatic nitrogens is 2. The Labute approximate surface area is 301 Å². The van der Waals surface area contributed by atoms with Crippen molar-refractivity contribution in [2.45, 2.75) is 75.4 Å². The number of hydrogen-bond donors (Lipinski definition) is 1. The van der Waals surface area contributed by atoms with E-state index in [4.69, 9.17) is 21.1 Å². The Kier molecular flexibility index (Phi) is 8.11. The molecule has 1 N–H and O–H groups in total. The van der Waals surface area contributed by atoms with Crippen LogP contribution >= 0.6 is 0 Å². The minimum Gasteiger partial charge on any atom is -0.508 e. The number of phenols is 1. The number of halogens is 2. The summed E-state index contributed by atoms with van der Waals surface area (Å²) in [6.45, 7) is 10.4. The average molecular weight is 703 g/mol. The van der Waals surface area contributed by atoms with Gasteiger partial charge < -0.3 is 19.6 Å². The largest absolute Gasteiger partial charge is 0.508 e. The SMILES string of the molecule is C#Cc1c(F)ccc2cc(O)cc(-c3c(C(C)(C)C#N)cc4c(N5C[C@H]6CC[C@@H](C5)N6C(=O)C=C)nc(OCC56CCCN5CCC6)nc4c3F)c12. The number of ether oxygens (including phenoxy) is 1. The third kappa shape index (κ3) is 5.25. The molecular formula is C41H40F2N6O3. The summed E-state index contributed by atoms with van der Waals surface area (Å²) in [5.41, 5.74) is -1.08. The van der Waals surface area contributed by atoms with E-state index < -0.39 is 17.0 Å². The molecule has 4 aliphatic rings. The van der Waals surface area contributed by atoms with Crippen LogP contribution in [0.15, 0.2) is 43.0 Å². The molecule has 4 aromatic rings. The van der Waals surface area contributed by atoms with Crippen molar-refractivity contribution in [1.82, 2.24) is 19.8 Å². The monoisotopic (exact) mass is 702 g/mol. The Hall–Kier alpha value is -5.26. The second kappa shape index (κ2) is 12.5. The predicted octanol–water partition coefficient (Wildman–Crippen LogP) is 6.59. The molecule has 3 aromatic carbocycles. The number of anilines is 1. The molecule has 4 saturated heterocycles. The summed E-state index contributed by atoms with van der Waals surface area (Å²) in [5.74, 6) is 1.14. The quantitative estimate of drug-likeness (QED) is 0.170. The fraction of sp³-hybridized carbons (Fsp3) is 0.415. The van der Waals surface area contributed by atoms with Gasteiger partial charge in [-0.1, -0.05) is 18.6 Å². The molecule has 8 rings (SSSR count). The fourth-order valence-electron chi connectivity index (χ4n) is 9.28. The van der Waals surface area contributed by atoms with Crippen LogP contribution in [0.1, 0.15) is 63.5 Å².